The molecule has 0 amide bonds. The molecular formula is C10H13N2O2+. The Labute approximate surface area is 82.9 Å². The predicted octanol–water partition coefficient (Wildman–Crippen LogP) is 0.937. The molecule has 1 heterocycles. The van der Waals surface area contributed by atoms with Crippen LogP contribution in [0.4, 0.5) is 0 Å². The molecule has 0 fully saturated rings. The minimum absolute atomic E-state index is 0.153. The van der Waals surface area contributed by atoms with E-state index < -0.39 is 0 Å². The summed E-state index contributed by atoms with van der Waals surface area (Å²) in [4.78, 5) is 15.2. The van der Waals surface area contributed by atoms with Gasteiger partial charge in [-0.15, -0.1) is 0 Å². The van der Waals surface area contributed by atoms with Crippen molar-refractivity contribution in [2.75, 3.05) is 7.05 Å². The third-order valence-electron chi connectivity index (χ3n) is 1.54. The molecule has 74 valence electrons. The molecule has 0 aliphatic carbocycles. The molecule has 0 atom stereocenters. The van der Waals surface area contributed by atoms with Gasteiger partial charge in [-0.25, -0.2) is 0 Å². The van der Waals surface area contributed by atoms with E-state index in [4.69, 9.17) is 4.74 Å². The van der Waals surface area contributed by atoms with E-state index in [-0.39, 0.29) is 11.9 Å². The van der Waals surface area contributed by atoms with Gasteiger partial charge in [-0.1, -0.05) is 13.8 Å². The van der Waals surface area contributed by atoms with E-state index in [2.05, 4.69) is 10.9 Å². The molecule has 1 rings (SSSR count). The highest BCUT2D eigenvalue weighted by molar-refractivity contribution is 5.73. The number of allylic oxidation sites excluding steroid dienone is 2. The lowest BCUT2D eigenvalue weighted by molar-refractivity contribution is -0.351. The van der Waals surface area contributed by atoms with E-state index in [1.54, 1.807) is 37.6 Å². The van der Waals surface area contributed by atoms with Crippen molar-refractivity contribution in [3.8, 4) is 0 Å². The molecule has 0 spiro atoms. The number of carbonyl (C=O) groups excluding carboxylic acids is 1. The van der Waals surface area contributed by atoms with Gasteiger partial charge in [0.25, 0.3) is 6.34 Å². The van der Waals surface area contributed by atoms with Gasteiger partial charge in [0.15, 0.2) is 0 Å². The molecule has 0 aromatic heterocycles. The first-order chi connectivity index (χ1) is 6.59. The summed E-state index contributed by atoms with van der Waals surface area (Å²) in [6, 6.07) is 0. The molecule has 4 nitrogen and oxygen atoms in total. The largest absolute Gasteiger partial charge is 0.386 e. The predicted molar refractivity (Wildman–Crippen MR) is 53.3 cm³/mol. The van der Waals surface area contributed by atoms with Gasteiger partial charge in [0, 0.05) is 12.2 Å². The lowest BCUT2D eigenvalue weighted by Gasteiger charge is -2.01. The Morgan fingerprint density at radius 2 is 2.36 bits per heavy atom. The number of ether oxygens (including phenoxy) is 1. The fourth-order valence-electron chi connectivity index (χ4n) is 0.727. The zero-order valence-corrected chi connectivity index (χ0v) is 8.52. The molecular weight excluding hydrogens is 180 g/mol. The van der Waals surface area contributed by atoms with Crippen molar-refractivity contribution in [1.29, 1.82) is 0 Å². The van der Waals surface area contributed by atoms with Gasteiger partial charge in [-0.3, -0.25) is 4.79 Å². The molecule has 1 aliphatic heterocycles. The van der Waals surface area contributed by atoms with Gasteiger partial charge in [-0.05, 0) is 4.99 Å². The molecule has 4 heteroatoms. The fraction of sp³-hybridized carbons (Fsp3) is 0.400. The van der Waals surface area contributed by atoms with E-state index in [1.165, 1.54) is 6.34 Å². The van der Waals surface area contributed by atoms with Crippen LogP contribution in [0.2, 0.25) is 0 Å². The number of rotatable bonds is 2. The first kappa shape index (κ1) is 10.4. The van der Waals surface area contributed by atoms with Gasteiger partial charge in [-0.2, -0.15) is 4.58 Å². The van der Waals surface area contributed by atoms with Crippen LogP contribution >= 0.6 is 0 Å². The van der Waals surface area contributed by atoms with Crippen LogP contribution < -0.4 is 0 Å². The molecule has 0 saturated heterocycles. The Morgan fingerprint density at radius 1 is 1.64 bits per heavy atom. The summed E-state index contributed by atoms with van der Waals surface area (Å²) in [5.74, 6) is 2.72. The minimum atomic E-state index is -0.286. The first-order valence-corrected chi connectivity index (χ1v) is 4.38. The summed E-state index contributed by atoms with van der Waals surface area (Å²) in [6.45, 7) is 3.55. The van der Waals surface area contributed by atoms with Gasteiger partial charge < -0.3 is 4.74 Å². The SMILES string of the molecule is CC(C)C(=O)OC1=CC=C=[N+](C)C=N1. The van der Waals surface area contributed by atoms with Crippen LogP contribution in [0.1, 0.15) is 13.8 Å². The maximum absolute atomic E-state index is 11.2. The number of aliphatic imine (C=N–C) groups is 1. The topological polar surface area (TPSA) is 41.7 Å². The van der Waals surface area contributed by atoms with Crippen LogP contribution in [0.25, 0.3) is 0 Å². The van der Waals surface area contributed by atoms with Gasteiger partial charge in [0.05, 0.1) is 18.8 Å². The lowest BCUT2D eigenvalue weighted by atomic mass is 10.2. The zero-order chi connectivity index (χ0) is 10.6. The molecule has 1 aliphatic rings. The number of nitrogens with zero attached hydrogens (tertiary/aromatic N) is 2. The monoisotopic (exact) mass is 193 g/mol. The van der Waals surface area contributed by atoms with Crippen LogP contribution in [-0.4, -0.2) is 29.8 Å². The van der Waals surface area contributed by atoms with Gasteiger partial charge in [0.2, 0.25) is 0 Å². The highest BCUT2D eigenvalue weighted by atomic mass is 16.5. The van der Waals surface area contributed by atoms with Crippen molar-refractivity contribution in [3.63, 3.8) is 0 Å². The fourth-order valence-corrected chi connectivity index (χ4v) is 0.727. The molecule has 0 unspecified atom stereocenters. The Morgan fingerprint density at radius 3 is 3.00 bits per heavy atom. The first-order valence-electron chi connectivity index (χ1n) is 4.38. The Bertz CT molecular complexity index is 358. The van der Waals surface area contributed by atoms with Crippen molar-refractivity contribution in [2.45, 2.75) is 13.8 Å². The molecule has 14 heavy (non-hydrogen) atoms. The molecule has 0 N–H and O–H groups in total. The zero-order valence-electron chi connectivity index (χ0n) is 8.52. The van der Waals surface area contributed by atoms with Crippen molar-refractivity contribution >= 4 is 18.2 Å². The quantitative estimate of drug-likeness (QED) is 0.483. The maximum Gasteiger partial charge on any atom is 0.336 e. The van der Waals surface area contributed by atoms with Crippen molar-refractivity contribution in [2.24, 2.45) is 10.9 Å². The molecule has 0 radical (unpaired) electrons. The minimum Gasteiger partial charge on any atom is -0.386 e. The number of hydrogen-bond acceptors (Lipinski definition) is 3. The average Bonchev–Trinajstić information content (AvgIpc) is 2.31. The maximum atomic E-state index is 11.2. The lowest BCUT2D eigenvalue weighted by Crippen LogP contribution is -2.11. The van der Waals surface area contributed by atoms with E-state index in [1.807, 2.05) is 0 Å². The Kier molecular flexibility index (Phi) is 3.37. The average molecular weight is 193 g/mol. The second kappa shape index (κ2) is 4.53. The summed E-state index contributed by atoms with van der Waals surface area (Å²) < 4.78 is 6.65. The van der Waals surface area contributed by atoms with Gasteiger partial charge in [0.1, 0.15) is 0 Å². The smallest absolute Gasteiger partial charge is 0.336 e. The van der Waals surface area contributed by atoms with Gasteiger partial charge >= 0.3 is 11.9 Å². The van der Waals surface area contributed by atoms with Crippen LogP contribution in [-0.2, 0) is 9.53 Å². The summed E-state index contributed by atoms with van der Waals surface area (Å²) in [7, 11) is 1.79. The van der Waals surface area contributed by atoms with E-state index >= 15 is 0 Å². The highest BCUT2D eigenvalue weighted by Gasteiger charge is 2.14. The van der Waals surface area contributed by atoms with Crippen LogP contribution in [0.15, 0.2) is 23.0 Å². The third kappa shape index (κ3) is 2.99. The second-order valence-corrected chi connectivity index (χ2v) is 3.23. The second-order valence-electron chi connectivity index (χ2n) is 3.23. The van der Waals surface area contributed by atoms with E-state index in [9.17, 15) is 4.79 Å². The summed E-state index contributed by atoms with van der Waals surface area (Å²) >= 11 is 0. The van der Waals surface area contributed by atoms with E-state index in [0.29, 0.717) is 5.88 Å². The van der Waals surface area contributed by atoms with Crippen molar-refractivity contribution < 1.29 is 14.1 Å². The van der Waals surface area contributed by atoms with Crippen molar-refractivity contribution in [1.82, 2.24) is 0 Å². The van der Waals surface area contributed by atoms with Crippen LogP contribution in [0.5, 0.6) is 0 Å². The normalized spacial score (nSPS) is 14.9. The summed E-state index contributed by atoms with van der Waals surface area (Å²) in [5.41, 5.74) is 0. The van der Waals surface area contributed by atoms with E-state index in [0.717, 1.165) is 0 Å². The molecule has 0 bridgehead atoms. The van der Waals surface area contributed by atoms with Crippen LogP contribution in [0, 0.1) is 5.92 Å². The Balaban J connectivity index is 2.66. The molecule has 0 aromatic carbocycles. The standard InChI is InChI=1S/C10H13N2O2/c1-8(2)10(13)14-9-5-4-6-12(3)7-11-9/h4-5,7-8H,1-3H3/q+1. The molecule has 0 aromatic rings. The van der Waals surface area contributed by atoms with Crippen molar-refractivity contribution in [3.05, 3.63) is 18.0 Å². The highest BCUT2D eigenvalue weighted by Crippen LogP contribution is 2.05. The summed E-state index contributed by atoms with van der Waals surface area (Å²) in [6.07, 6.45) is 4.78. The third-order valence-corrected chi connectivity index (χ3v) is 1.54. The Hall–Kier alpha value is -1.67. The number of carbonyl (C=O) groups is 1. The number of hydrogen-bond donors (Lipinski definition) is 0. The molecule has 0 saturated carbocycles. The summed E-state index contributed by atoms with van der Waals surface area (Å²) in [5, 5.41) is 0. The number of esters is 1. The van der Waals surface area contributed by atoms with Crippen LogP contribution in [0.3, 0.4) is 0 Å².